The molecule has 0 aromatic heterocycles. The predicted octanol–water partition coefficient (Wildman–Crippen LogP) is 3.00. The van der Waals surface area contributed by atoms with Gasteiger partial charge in [-0.05, 0) is 53.1 Å². The van der Waals surface area contributed by atoms with Gasteiger partial charge in [0.15, 0.2) is 0 Å². The minimum atomic E-state index is -0.217. The van der Waals surface area contributed by atoms with Gasteiger partial charge in [0.05, 0.1) is 4.47 Å². The van der Waals surface area contributed by atoms with E-state index in [0.717, 1.165) is 38.2 Å². The fourth-order valence-electron chi connectivity index (χ4n) is 3.30. The largest absolute Gasteiger partial charge is 0.329 e. The van der Waals surface area contributed by atoms with E-state index in [4.69, 9.17) is 5.73 Å². The molecule has 1 aromatic rings. The topological polar surface area (TPSA) is 32.5 Å². The third-order valence-electron chi connectivity index (χ3n) is 4.52. The summed E-state index contributed by atoms with van der Waals surface area (Å²) in [5, 5.41) is 0. The van der Waals surface area contributed by atoms with E-state index in [0.29, 0.717) is 17.1 Å². The Bertz CT molecular complexity index is 465. The molecule has 2 rings (SSSR count). The Kier molecular flexibility index (Phi) is 6.17. The van der Waals surface area contributed by atoms with Crippen LogP contribution in [0.2, 0.25) is 0 Å². The van der Waals surface area contributed by atoms with Crippen molar-refractivity contribution in [3.63, 3.8) is 0 Å². The number of nitrogens with zero attached hydrogens (tertiary/aromatic N) is 2. The summed E-state index contributed by atoms with van der Waals surface area (Å²) < 4.78 is 14.3. The molecule has 118 valence electrons. The van der Waals surface area contributed by atoms with Crippen molar-refractivity contribution in [2.24, 2.45) is 5.73 Å². The molecule has 1 fully saturated rings. The fraction of sp³-hybridized carbons (Fsp3) is 0.625. The molecule has 2 N–H and O–H groups in total. The molecule has 1 heterocycles. The lowest BCUT2D eigenvalue weighted by Gasteiger charge is -2.30. The number of nitrogens with two attached hydrogens (primary N) is 1. The molecular formula is C16H25BrFN3. The summed E-state index contributed by atoms with van der Waals surface area (Å²) in [4.78, 5) is 4.89. The molecule has 1 saturated heterocycles. The highest BCUT2D eigenvalue weighted by atomic mass is 79.9. The lowest BCUT2D eigenvalue weighted by atomic mass is 10.1. The predicted molar refractivity (Wildman–Crippen MR) is 88.8 cm³/mol. The maximum Gasteiger partial charge on any atom is 0.137 e. The Morgan fingerprint density at radius 3 is 2.71 bits per heavy atom. The third kappa shape index (κ3) is 3.83. The summed E-state index contributed by atoms with van der Waals surface area (Å²) in [5.41, 5.74) is 6.94. The zero-order valence-corrected chi connectivity index (χ0v) is 14.4. The lowest BCUT2D eigenvalue weighted by Crippen LogP contribution is -2.39. The number of likely N-dealkylation sites (tertiary alicyclic amines) is 1. The molecule has 2 atom stereocenters. The first kappa shape index (κ1) is 16.9. The second-order valence-corrected chi connectivity index (χ2v) is 6.44. The van der Waals surface area contributed by atoms with Gasteiger partial charge in [0.2, 0.25) is 0 Å². The monoisotopic (exact) mass is 357 g/mol. The van der Waals surface area contributed by atoms with Gasteiger partial charge >= 0.3 is 0 Å². The maximum atomic E-state index is 13.8. The molecule has 0 spiro atoms. The van der Waals surface area contributed by atoms with Gasteiger partial charge in [-0.2, -0.15) is 0 Å². The van der Waals surface area contributed by atoms with Crippen LogP contribution in [0.3, 0.4) is 0 Å². The van der Waals surface area contributed by atoms with Gasteiger partial charge in [-0.25, -0.2) is 4.39 Å². The minimum Gasteiger partial charge on any atom is -0.329 e. The summed E-state index contributed by atoms with van der Waals surface area (Å²) in [7, 11) is 0. The van der Waals surface area contributed by atoms with Gasteiger partial charge < -0.3 is 5.73 Å². The van der Waals surface area contributed by atoms with Gasteiger partial charge in [0.1, 0.15) is 5.82 Å². The van der Waals surface area contributed by atoms with Crippen LogP contribution in [-0.2, 0) is 0 Å². The Labute approximate surface area is 135 Å². The smallest absolute Gasteiger partial charge is 0.137 e. The third-order valence-corrected chi connectivity index (χ3v) is 5.16. The van der Waals surface area contributed by atoms with E-state index in [9.17, 15) is 4.39 Å². The molecule has 0 bridgehead atoms. The molecule has 1 aliphatic heterocycles. The summed E-state index contributed by atoms with van der Waals surface area (Å²) in [6.45, 7) is 9.13. The number of hydrogen-bond acceptors (Lipinski definition) is 3. The van der Waals surface area contributed by atoms with E-state index < -0.39 is 0 Å². The first-order valence-electron chi connectivity index (χ1n) is 7.73. The summed E-state index contributed by atoms with van der Waals surface area (Å²) in [6, 6.07) is 6.04. The summed E-state index contributed by atoms with van der Waals surface area (Å²) in [5.74, 6) is -0.217. The van der Waals surface area contributed by atoms with Gasteiger partial charge in [0.25, 0.3) is 0 Å². The van der Waals surface area contributed by atoms with Crippen LogP contribution in [0.25, 0.3) is 0 Å². The van der Waals surface area contributed by atoms with Crippen LogP contribution in [0.4, 0.5) is 4.39 Å². The molecule has 0 saturated carbocycles. The zero-order chi connectivity index (χ0) is 15.4. The molecule has 2 unspecified atom stereocenters. The second-order valence-electron chi connectivity index (χ2n) is 5.58. The molecule has 1 aliphatic rings. The van der Waals surface area contributed by atoms with E-state index >= 15 is 0 Å². The molecule has 5 heteroatoms. The van der Waals surface area contributed by atoms with Crippen LogP contribution in [0.15, 0.2) is 22.7 Å². The molecule has 3 nitrogen and oxygen atoms in total. The molecule has 0 amide bonds. The lowest BCUT2D eigenvalue weighted by molar-refractivity contribution is 0.189. The van der Waals surface area contributed by atoms with E-state index in [-0.39, 0.29) is 11.9 Å². The van der Waals surface area contributed by atoms with Crippen molar-refractivity contribution in [3.8, 4) is 0 Å². The molecule has 0 aliphatic carbocycles. The number of hydrogen-bond donors (Lipinski definition) is 1. The normalized spacial score (nSPS) is 21.1. The van der Waals surface area contributed by atoms with Crippen LogP contribution in [0.5, 0.6) is 0 Å². The van der Waals surface area contributed by atoms with Crippen LogP contribution < -0.4 is 5.73 Å². The Hall–Kier alpha value is -0.490. The van der Waals surface area contributed by atoms with E-state index in [1.807, 2.05) is 6.07 Å². The Morgan fingerprint density at radius 2 is 2.14 bits per heavy atom. The van der Waals surface area contributed by atoms with E-state index in [1.54, 1.807) is 12.1 Å². The molecule has 1 aromatic carbocycles. The van der Waals surface area contributed by atoms with Crippen LogP contribution >= 0.6 is 15.9 Å². The van der Waals surface area contributed by atoms with Gasteiger partial charge in [0, 0.05) is 31.7 Å². The summed E-state index contributed by atoms with van der Waals surface area (Å²) >= 11 is 3.20. The quantitative estimate of drug-likeness (QED) is 0.849. The first-order valence-corrected chi connectivity index (χ1v) is 8.53. The van der Waals surface area contributed by atoms with Crippen LogP contribution in [0, 0.1) is 5.82 Å². The second kappa shape index (κ2) is 7.68. The Balaban J connectivity index is 2.10. The number of rotatable bonds is 6. The van der Waals surface area contributed by atoms with E-state index in [2.05, 4.69) is 39.6 Å². The Morgan fingerprint density at radius 1 is 1.43 bits per heavy atom. The fourth-order valence-corrected chi connectivity index (χ4v) is 3.55. The highest BCUT2D eigenvalue weighted by Gasteiger charge is 2.31. The van der Waals surface area contributed by atoms with Gasteiger partial charge in [-0.3, -0.25) is 9.80 Å². The summed E-state index contributed by atoms with van der Waals surface area (Å²) in [6.07, 6.45) is 1.16. The zero-order valence-electron chi connectivity index (χ0n) is 12.9. The van der Waals surface area contributed by atoms with Crippen LogP contribution in [-0.4, -0.2) is 48.6 Å². The number of likely N-dealkylation sites (N-methyl/N-ethyl adjacent to an activating group) is 1. The van der Waals surface area contributed by atoms with Gasteiger partial charge in [-0.1, -0.05) is 19.9 Å². The van der Waals surface area contributed by atoms with Crippen molar-refractivity contribution in [1.82, 2.24) is 9.80 Å². The SMILES string of the molecule is CCN(CC)C1CCN(C(CN)c2ccc(Br)c(F)c2)C1. The molecule has 0 radical (unpaired) electrons. The van der Waals surface area contributed by atoms with Crippen LogP contribution in [0.1, 0.15) is 31.9 Å². The average Bonchev–Trinajstić information content (AvgIpc) is 2.94. The van der Waals surface area contributed by atoms with E-state index in [1.165, 1.54) is 0 Å². The average molecular weight is 358 g/mol. The highest BCUT2D eigenvalue weighted by molar-refractivity contribution is 9.10. The van der Waals surface area contributed by atoms with Crippen molar-refractivity contribution in [2.45, 2.75) is 32.4 Å². The number of halogens is 2. The highest BCUT2D eigenvalue weighted by Crippen LogP contribution is 2.28. The first-order chi connectivity index (χ1) is 10.1. The van der Waals surface area contributed by atoms with Crippen molar-refractivity contribution in [3.05, 3.63) is 34.1 Å². The van der Waals surface area contributed by atoms with Crippen molar-refractivity contribution in [1.29, 1.82) is 0 Å². The van der Waals surface area contributed by atoms with Crippen molar-refractivity contribution >= 4 is 15.9 Å². The minimum absolute atomic E-state index is 0.105. The molecular weight excluding hydrogens is 333 g/mol. The van der Waals surface area contributed by atoms with Gasteiger partial charge in [-0.15, -0.1) is 0 Å². The van der Waals surface area contributed by atoms with Crippen molar-refractivity contribution < 1.29 is 4.39 Å². The maximum absolute atomic E-state index is 13.8. The molecule has 21 heavy (non-hydrogen) atoms. The van der Waals surface area contributed by atoms with Crippen molar-refractivity contribution in [2.75, 3.05) is 32.7 Å². The number of benzene rings is 1. The standard InChI is InChI=1S/C16H25BrFN3/c1-3-20(4-2)13-7-8-21(11-13)16(10-19)12-5-6-14(17)15(18)9-12/h5-6,9,13,16H,3-4,7-8,10-11,19H2,1-2H3.